The standard InChI is InChI=1S/C18H36N2O/c1-20(17-10-3-2-4-11-17)13-7-12-19-15-18(21)14-16-8-5-6-9-16/h16-19,21H,2-15H2,1H3. The van der Waals surface area contributed by atoms with Crippen molar-refractivity contribution in [2.45, 2.75) is 82.8 Å². The van der Waals surface area contributed by atoms with Crippen molar-refractivity contribution in [3.05, 3.63) is 0 Å². The van der Waals surface area contributed by atoms with Gasteiger partial charge in [0.25, 0.3) is 0 Å². The summed E-state index contributed by atoms with van der Waals surface area (Å²) < 4.78 is 0. The van der Waals surface area contributed by atoms with E-state index in [1.807, 2.05) is 0 Å². The summed E-state index contributed by atoms with van der Waals surface area (Å²) in [5.41, 5.74) is 0. The van der Waals surface area contributed by atoms with E-state index < -0.39 is 0 Å². The average molecular weight is 296 g/mol. The van der Waals surface area contributed by atoms with Gasteiger partial charge in [0.1, 0.15) is 0 Å². The average Bonchev–Trinajstić information content (AvgIpc) is 3.00. The highest BCUT2D eigenvalue weighted by atomic mass is 16.3. The molecule has 2 rings (SSSR count). The Balaban J connectivity index is 1.45. The van der Waals surface area contributed by atoms with E-state index in [0.717, 1.165) is 31.5 Å². The Morgan fingerprint density at radius 1 is 1.05 bits per heavy atom. The molecule has 0 radical (unpaired) electrons. The van der Waals surface area contributed by atoms with Gasteiger partial charge < -0.3 is 15.3 Å². The molecule has 2 aliphatic carbocycles. The van der Waals surface area contributed by atoms with Gasteiger partial charge in [0, 0.05) is 12.6 Å². The number of hydrogen-bond donors (Lipinski definition) is 2. The summed E-state index contributed by atoms with van der Waals surface area (Å²) in [5.74, 6) is 0.791. The van der Waals surface area contributed by atoms with E-state index in [4.69, 9.17) is 0 Å². The van der Waals surface area contributed by atoms with Crippen LogP contribution in [0.4, 0.5) is 0 Å². The first-order valence-electron chi connectivity index (χ1n) is 9.34. The van der Waals surface area contributed by atoms with Gasteiger partial charge in [-0.1, -0.05) is 44.9 Å². The summed E-state index contributed by atoms with van der Waals surface area (Å²) in [6, 6.07) is 0.826. The molecule has 0 aromatic heterocycles. The second kappa shape index (κ2) is 9.81. The van der Waals surface area contributed by atoms with E-state index >= 15 is 0 Å². The molecule has 1 atom stereocenters. The molecule has 0 aromatic rings. The summed E-state index contributed by atoms with van der Waals surface area (Å²) >= 11 is 0. The zero-order valence-corrected chi connectivity index (χ0v) is 14.0. The summed E-state index contributed by atoms with van der Waals surface area (Å²) in [7, 11) is 2.28. The van der Waals surface area contributed by atoms with E-state index in [2.05, 4.69) is 17.3 Å². The molecule has 2 aliphatic rings. The van der Waals surface area contributed by atoms with Gasteiger partial charge in [0.15, 0.2) is 0 Å². The molecule has 1 unspecified atom stereocenters. The maximum atomic E-state index is 10.0. The number of aliphatic hydroxyl groups is 1. The summed E-state index contributed by atoms with van der Waals surface area (Å²) in [6.07, 6.45) is 14.5. The molecule has 0 heterocycles. The fourth-order valence-electron chi connectivity index (χ4n) is 4.14. The highest BCUT2D eigenvalue weighted by Crippen LogP contribution is 2.28. The third-order valence-electron chi connectivity index (χ3n) is 5.52. The maximum Gasteiger partial charge on any atom is 0.0667 e. The Hall–Kier alpha value is -0.120. The molecule has 124 valence electrons. The van der Waals surface area contributed by atoms with Crippen molar-refractivity contribution in [1.29, 1.82) is 0 Å². The first-order valence-corrected chi connectivity index (χ1v) is 9.34. The van der Waals surface area contributed by atoms with E-state index in [0.29, 0.717) is 0 Å². The lowest BCUT2D eigenvalue weighted by Crippen LogP contribution is -2.36. The number of aliphatic hydroxyl groups excluding tert-OH is 1. The topological polar surface area (TPSA) is 35.5 Å². The van der Waals surface area contributed by atoms with Crippen LogP contribution in [-0.4, -0.2) is 48.8 Å². The zero-order valence-electron chi connectivity index (χ0n) is 14.0. The third-order valence-corrected chi connectivity index (χ3v) is 5.52. The lowest BCUT2D eigenvalue weighted by Gasteiger charge is -2.31. The second-order valence-corrected chi connectivity index (χ2v) is 7.37. The first-order chi connectivity index (χ1) is 10.3. The summed E-state index contributed by atoms with van der Waals surface area (Å²) in [5, 5.41) is 13.5. The lowest BCUT2D eigenvalue weighted by atomic mass is 9.94. The Labute approximate surface area is 131 Å². The minimum absolute atomic E-state index is 0.135. The lowest BCUT2D eigenvalue weighted by molar-refractivity contribution is 0.139. The monoisotopic (exact) mass is 296 g/mol. The number of nitrogens with one attached hydrogen (secondary N) is 1. The van der Waals surface area contributed by atoms with Gasteiger partial charge in [-0.25, -0.2) is 0 Å². The fourth-order valence-corrected chi connectivity index (χ4v) is 4.14. The number of rotatable bonds is 9. The largest absolute Gasteiger partial charge is 0.392 e. The van der Waals surface area contributed by atoms with Crippen molar-refractivity contribution in [2.24, 2.45) is 5.92 Å². The molecule has 21 heavy (non-hydrogen) atoms. The molecule has 0 amide bonds. The Kier molecular flexibility index (Phi) is 8.05. The molecule has 3 heteroatoms. The van der Waals surface area contributed by atoms with Gasteiger partial charge in [-0.3, -0.25) is 0 Å². The highest BCUT2D eigenvalue weighted by molar-refractivity contribution is 4.74. The Morgan fingerprint density at radius 3 is 2.43 bits per heavy atom. The van der Waals surface area contributed by atoms with Gasteiger partial charge in [-0.05, 0) is 51.7 Å². The Bertz CT molecular complexity index is 260. The van der Waals surface area contributed by atoms with E-state index in [1.165, 1.54) is 70.8 Å². The van der Waals surface area contributed by atoms with Crippen LogP contribution in [0.1, 0.15) is 70.6 Å². The molecule has 0 aromatic carbocycles. The molecule has 0 spiro atoms. The molecule has 3 nitrogen and oxygen atoms in total. The molecule has 0 bridgehead atoms. The van der Waals surface area contributed by atoms with Crippen molar-refractivity contribution in [1.82, 2.24) is 10.2 Å². The van der Waals surface area contributed by atoms with Crippen LogP contribution in [0.25, 0.3) is 0 Å². The van der Waals surface area contributed by atoms with Crippen LogP contribution >= 0.6 is 0 Å². The molecule has 2 saturated carbocycles. The third kappa shape index (κ3) is 6.66. The molecule has 2 N–H and O–H groups in total. The Morgan fingerprint density at radius 2 is 1.71 bits per heavy atom. The van der Waals surface area contributed by atoms with E-state index in [1.54, 1.807) is 0 Å². The number of hydrogen-bond acceptors (Lipinski definition) is 3. The maximum absolute atomic E-state index is 10.0. The van der Waals surface area contributed by atoms with Gasteiger partial charge in [-0.15, -0.1) is 0 Å². The molecular formula is C18H36N2O. The smallest absolute Gasteiger partial charge is 0.0667 e. The minimum atomic E-state index is -0.135. The van der Waals surface area contributed by atoms with Crippen LogP contribution in [0.3, 0.4) is 0 Å². The molecule has 0 saturated heterocycles. The van der Waals surface area contributed by atoms with E-state index in [9.17, 15) is 5.11 Å². The molecule has 0 aliphatic heterocycles. The van der Waals surface area contributed by atoms with Crippen molar-refractivity contribution in [3.63, 3.8) is 0 Å². The van der Waals surface area contributed by atoms with Crippen molar-refractivity contribution in [3.8, 4) is 0 Å². The van der Waals surface area contributed by atoms with Crippen LogP contribution in [0.2, 0.25) is 0 Å². The second-order valence-electron chi connectivity index (χ2n) is 7.37. The van der Waals surface area contributed by atoms with Gasteiger partial charge in [0.2, 0.25) is 0 Å². The highest BCUT2D eigenvalue weighted by Gasteiger charge is 2.19. The van der Waals surface area contributed by atoms with Crippen molar-refractivity contribution >= 4 is 0 Å². The predicted molar refractivity (Wildman–Crippen MR) is 89.6 cm³/mol. The van der Waals surface area contributed by atoms with Crippen LogP contribution in [0.5, 0.6) is 0 Å². The van der Waals surface area contributed by atoms with E-state index in [-0.39, 0.29) is 6.10 Å². The van der Waals surface area contributed by atoms with Crippen molar-refractivity contribution < 1.29 is 5.11 Å². The molecular weight excluding hydrogens is 260 g/mol. The summed E-state index contributed by atoms with van der Waals surface area (Å²) in [4.78, 5) is 2.55. The quantitative estimate of drug-likeness (QED) is 0.642. The fraction of sp³-hybridized carbons (Fsp3) is 1.00. The normalized spacial score (nSPS) is 23.0. The van der Waals surface area contributed by atoms with Crippen LogP contribution in [-0.2, 0) is 0 Å². The first kappa shape index (κ1) is 17.2. The zero-order chi connectivity index (χ0) is 14.9. The predicted octanol–water partition coefficient (Wildman–Crippen LogP) is 3.17. The number of nitrogens with zero attached hydrogens (tertiary/aromatic N) is 1. The minimum Gasteiger partial charge on any atom is -0.392 e. The molecule has 2 fully saturated rings. The van der Waals surface area contributed by atoms with Crippen LogP contribution in [0.15, 0.2) is 0 Å². The van der Waals surface area contributed by atoms with Gasteiger partial charge in [0.05, 0.1) is 6.10 Å². The van der Waals surface area contributed by atoms with Gasteiger partial charge in [-0.2, -0.15) is 0 Å². The SMILES string of the molecule is CN(CCCNCC(O)CC1CCCC1)C1CCCCC1. The van der Waals surface area contributed by atoms with Crippen molar-refractivity contribution in [2.75, 3.05) is 26.7 Å². The van der Waals surface area contributed by atoms with Crippen LogP contribution in [0, 0.1) is 5.92 Å². The van der Waals surface area contributed by atoms with Gasteiger partial charge >= 0.3 is 0 Å². The van der Waals surface area contributed by atoms with Crippen LogP contribution < -0.4 is 5.32 Å². The summed E-state index contributed by atoms with van der Waals surface area (Å²) in [6.45, 7) is 3.01.